The molecule has 0 saturated heterocycles. The number of nitrogens with two attached hydrogens (primary N) is 3. The molecule has 53 heavy (non-hydrogen) atoms. The zero-order chi connectivity index (χ0) is 38.0. The highest BCUT2D eigenvalue weighted by Gasteiger charge is 2.13. The first-order valence-electron chi connectivity index (χ1n) is 16.1. The highest BCUT2D eigenvalue weighted by molar-refractivity contribution is 7.80. The van der Waals surface area contributed by atoms with Gasteiger partial charge < -0.3 is 16.9 Å². The van der Waals surface area contributed by atoms with Gasteiger partial charge in [0.15, 0.2) is 27.6 Å². The van der Waals surface area contributed by atoms with Crippen molar-refractivity contribution in [3.05, 3.63) is 214 Å². The molecule has 0 aliphatic rings. The number of thiocarbonyl (C=S) groups is 2. The van der Waals surface area contributed by atoms with Gasteiger partial charge in [0, 0.05) is 44.5 Å². The summed E-state index contributed by atoms with van der Waals surface area (Å²) in [6.07, 6.45) is 0. The van der Waals surface area contributed by atoms with Crippen LogP contribution in [-0.4, -0.2) is 33.3 Å². The zero-order valence-corrected chi connectivity index (χ0v) is 30.0. The minimum Gasteiger partial charge on any atom is -0.375 e. The number of hydrazine groups is 1. The van der Waals surface area contributed by atoms with Gasteiger partial charge in [-0.25, -0.2) is 5.84 Å². The Morgan fingerprint density at radius 1 is 0.396 bits per heavy atom. The highest BCUT2D eigenvalue weighted by Crippen LogP contribution is 2.16. The molecule has 9 nitrogen and oxygen atoms in total. The smallest absolute Gasteiger partial charge is 0.193 e. The van der Waals surface area contributed by atoms with Gasteiger partial charge in [-0.2, -0.15) is 5.10 Å². The molecule has 6 aromatic rings. The van der Waals surface area contributed by atoms with E-state index in [-0.39, 0.29) is 27.6 Å². The normalized spacial score (nSPS) is 10.2. The predicted octanol–water partition coefficient (Wildman–Crippen LogP) is 6.35. The van der Waals surface area contributed by atoms with Gasteiger partial charge in [0.25, 0.3) is 0 Å². The van der Waals surface area contributed by atoms with Gasteiger partial charge in [-0.05, 0) is 24.4 Å². The molecular weight excluding hydrogens is 701 g/mol. The maximum absolute atomic E-state index is 12.5. The molecule has 6 rings (SSSR count). The molecule has 0 aliphatic heterocycles. The van der Waals surface area contributed by atoms with Crippen molar-refractivity contribution in [2.24, 2.45) is 22.4 Å². The molecule has 0 atom stereocenters. The van der Waals surface area contributed by atoms with Crippen LogP contribution in [0.25, 0.3) is 0 Å². The lowest BCUT2D eigenvalue weighted by Gasteiger charge is -2.09. The number of hydrogen-bond donors (Lipinski definition) is 5. The number of nitrogens with one attached hydrogen (secondary N) is 2. The third-order valence-electron chi connectivity index (χ3n) is 7.41. The zero-order valence-electron chi connectivity index (χ0n) is 28.4. The van der Waals surface area contributed by atoms with Crippen molar-refractivity contribution >= 4 is 57.7 Å². The predicted molar refractivity (Wildman–Crippen MR) is 219 cm³/mol. The molecular formula is C42H36N6O3S2. The molecule has 0 heterocycles. The summed E-state index contributed by atoms with van der Waals surface area (Å²) in [6.45, 7) is 0. The fourth-order valence-electron chi connectivity index (χ4n) is 4.82. The summed E-state index contributed by atoms with van der Waals surface area (Å²) in [5, 5.41) is 4.52. The lowest BCUT2D eigenvalue weighted by atomic mass is 9.98. The Balaban J connectivity index is 0.000000212. The second-order valence-electron chi connectivity index (χ2n) is 11.1. The van der Waals surface area contributed by atoms with Crippen molar-refractivity contribution in [1.82, 2.24) is 10.9 Å². The molecule has 0 fully saturated rings. The van der Waals surface area contributed by atoms with Crippen molar-refractivity contribution in [2.75, 3.05) is 0 Å². The first-order valence-corrected chi connectivity index (χ1v) is 16.9. The Morgan fingerprint density at radius 2 is 0.623 bits per heavy atom. The van der Waals surface area contributed by atoms with Gasteiger partial charge in [-0.3, -0.25) is 19.8 Å². The minimum absolute atomic E-state index is 0.0170. The monoisotopic (exact) mass is 736 g/mol. The van der Waals surface area contributed by atoms with Crippen LogP contribution in [0, 0.1) is 0 Å². The van der Waals surface area contributed by atoms with E-state index in [1.54, 1.807) is 72.8 Å². The third-order valence-corrected chi connectivity index (χ3v) is 7.61. The van der Waals surface area contributed by atoms with Crippen LogP contribution < -0.4 is 28.2 Å². The average molecular weight is 737 g/mol. The number of ketones is 3. The Kier molecular flexibility index (Phi) is 15.0. The number of carbonyl (C=O) groups excluding carboxylic acids is 3. The van der Waals surface area contributed by atoms with E-state index < -0.39 is 0 Å². The lowest BCUT2D eigenvalue weighted by molar-refractivity contribution is 0.102. The summed E-state index contributed by atoms with van der Waals surface area (Å²) in [6, 6.07) is 51.2. The van der Waals surface area contributed by atoms with Crippen LogP contribution in [0.1, 0.15) is 58.9 Å². The Labute approximate surface area is 318 Å². The van der Waals surface area contributed by atoms with E-state index in [4.69, 9.17) is 23.7 Å². The summed E-state index contributed by atoms with van der Waals surface area (Å²) in [5.41, 5.74) is 21.1. The Hall–Kier alpha value is -6.66. The van der Waals surface area contributed by atoms with Gasteiger partial charge >= 0.3 is 0 Å². The van der Waals surface area contributed by atoms with Crippen LogP contribution in [0.15, 0.2) is 175 Å². The van der Waals surface area contributed by atoms with Crippen molar-refractivity contribution in [3.8, 4) is 0 Å². The molecule has 0 aromatic heterocycles. The Morgan fingerprint density at radius 3 is 0.887 bits per heavy atom. The largest absolute Gasteiger partial charge is 0.375 e. The summed E-state index contributed by atoms with van der Waals surface area (Å²) in [4.78, 5) is 37.2. The molecule has 264 valence electrons. The van der Waals surface area contributed by atoms with E-state index in [0.29, 0.717) is 39.1 Å². The number of carbonyl (C=O) groups is 3. The maximum atomic E-state index is 12.5. The van der Waals surface area contributed by atoms with Gasteiger partial charge in [0.05, 0.1) is 5.71 Å². The summed E-state index contributed by atoms with van der Waals surface area (Å²) >= 11 is 9.08. The number of rotatable bonds is 9. The fraction of sp³-hybridized carbons (Fsp3) is 0. The molecule has 0 radical (unpaired) electrons. The molecule has 0 unspecified atom stereocenters. The number of benzene rings is 6. The van der Waals surface area contributed by atoms with Crippen LogP contribution in [0.5, 0.6) is 0 Å². The number of hydrazone groups is 1. The van der Waals surface area contributed by atoms with Crippen LogP contribution in [-0.2, 0) is 0 Å². The molecule has 0 saturated carbocycles. The second-order valence-corrected chi connectivity index (χ2v) is 11.9. The van der Waals surface area contributed by atoms with Gasteiger partial charge in [0.1, 0.15) is 0 Å². The van der Waals surface area contributed by atoms with Crippen LogP contribution in [0.2, 0.25) is 0 Å². The Bertz CT molecular complexity index is 2090. The fourth-order valence-corrected chi connectivity index (χ4v) is 4.87. The molecule has 0 bridgehead atoms. The van der Waals surface area contributed by atoms with Crippen LogP contribution >= 0.6 is 24.4 Å². The third kappa shape index (κ3) is 12.0. The summed E-state index contributed by atoms with van der Waals surface area (Å²) < 4.78 is 0. The highest BCUT2D eigenvalue weighted by atomic mass is 32.1. The van der Waals surface area contributed by atoms with E-state index in [2.05, 4.69) is 28.6 Å². The summed E-state index contributed by atoms with van der Waals surface area (Å²) in [7, 11) is 0. The molecule has 0 spiro atoms. The SMILES string of the molecule is NC(=S)NN=C(c1ccccc1)c1ccc(C(=O)c2ccccc2)cc1.NNC(N)=S.O=C(c1ccccc1)c1ccc(C(=O)c2ccccc2)cc1. The standard InChI is InChI=1S/C21H17N3OS.C20H14O2.CH5N3S/c22-21(26)24-23-19(15-7-3-1-4-8-15)16-11-13-18(14-12-16)20(25)17-9-5-2-6-10-17;21-19(15-7-3-1-4-8-15)17-11-13-18(14-12-17)20(22)16-9-5-2-6-10-16;2-1(5)4-3/h1-14H,(H3,22,24,26);1-14H;3H2,(H3,2,4,5). The van der Waals surface area contributed by atoms with Crippen LogP contribution in [0.3, 0.4) is 0 Å². The number of hydrogen-bond acceptors (Lipinski definition) is 7. The van der Waals surface area contributed by atoms with Gasteiger partial charge in [0.2, 0.25) is 0 Å². The summed E-state index contributed by atoms with van der Waals surface area (Å²) in [5.74, 6) is 4.55. The molecule has 0 aliphatic carbocycles. The molecule has 11 heteroatoms. The molecule has 6 aromatic carbocycles. The van der Waals surface area contributed by atoms with Crippen molar-refractivity contribution in [2.45, 2.75) is 0 Å². The second kappa shape index (κ2) is 20.3. The quantitative estimate of drug-likeness (QED) is 0.0372. The van der Waals surface area contributed by atoms with E-state index in [0.717, 1.165) is 11.1 Å². The van der Waals surface area contributed by atoms with E-state index in [1.165, 1.54) is 0 Å². The topological polar surface area (TPSA) is 166 Å². The van der Waals surface area contributed by atoms with Crippen LogP contribution in [0.4, 0.5) is 0 Å². The van der Waals surface area contributed by atoms with Crippen molar-refractivity contribution < 1.29 is 14.4 Å². The minimum atomic E-state index is -0.0423. The van der Waals surface area contributed by atoms with E-state index in [1.807, 2.05) is 102 Å². The average Bonchev–Trinajstić information content (AvgIpc) is 3.22. The van der Waals surface area contributed by atoms with E-state index >= 15 is 0 Å². The van der Waals surface area contributed by atoms with Crippen molar-refractivity contribution in [1.29, 1.82) is 0 Å². The van der Waals surface area contributed by atoms with Gasteiger partial charge in [-0.15, -0.1) is 0 Å². The lowest BCUT2D eigenvalue weighted by Crippen LogP contribution is -2.34. The number of nitrogens with zero attached hydrogens (tertiary/aromatic N) is 1. The molecule has 8 N–H and O–H groups in total. The first-order chi connectivity index (χ1) is 25.7. The molecule has 0 amide bonds. The van der Waals surface area contributed by atoms with Crippen molar-refractivity contribution in [3.63, 3.8) is 0 Å². The first kappa shape index (κ1) is 39.1. The maximum Gasteiger partial charge on any atom is 0.193 e. The van der Waals surface area contributed by atoms with Gasteiger partial charge in [-0.1, -0.05) is 170 Å². The van der Waals surface area contributed by atoms with E-state index in [9.17, 15) is 14.4 Å².